The average Bonchev–Trinajstić information content (AvgIpc) is 2.81. The second-order valence-electron chi connectivity index (χ2n) is 5.05. The van der Waals surface area contributed by atoms with Crippen molar-refractivity contribution in [2.24, 2.45) is 5.92 Å². The van der Waals surface area contributed by atoms with Gasteiger partial charge in [-0.2, -0.15) is 13.2 Å². The van der Waals surface area contributed by atoms with Gasteiger partial charge in [0.15, 0.2) is 5.12 Å². The number of carboxylic acids is 1. The molecule has 1 aliphatic rings. The van der Waals surface area contributed by atoms with Crippen LogP contribution in [0.2, 0.25) is 0 Å². The number of nitrogens with zero attached hydrogens (tertiary/aromatic N) is 1. The number of amides is 1. The minimum atomic E-state index is -4.85. The van der Waals surface area contributed by atoms with E-state index in [1.54, 1.807) is 6.92 Å². The summed E-state index contributed by atoms with van der Waals surface area (Å²) in [5, 5.41) is 8.59. The molecule has 0 aromatic rings. The van der Waals surface area contributed by atoms with Gasteiger partial charge in [-0.25, -0.2) is 4.79 Å². The summed E-state index contributed by atoms with van der Waals surface area (Å²) in [4.78, 5) is 35.0. The van der Waals surface area contributed by atoms with Crippen molar-refractivity contribution in [2.45, 2.75) is 38.6 Å². The first-order valence-corrected chi connectivity index (χ1v) is 7.91. The minimum Gasteiger partial charge on any atom is -0.480 e. The van der Waals surface area contributed by atoms with Crippen molar-refractivity contribution >= 4 is 28.8 Å². The van der Waals surface area contributed by atoms with Gasteiger partial charge in [0.1, 0.15) is 12.0 Å². The molecule has 1 rings (SSSR count). The zero-order valence-corrected chi connectivity index (χ0v) is 13.4. The highest BCUT2D eigenvalue weighted by Gasteiger charge is 2.50. The van der Waals surface area contributed by atoms with Crippen LogP contribution in [-0.4, -0.2) is 64.2 Å². The van der Waals surface area contributed by atoms with Crippen molar-refractivity contribution in [3.8, 4) is 0 Å². The first-order chi connectivity index (χ1) is 10.6. The van der Waals surface area contributed by atoms with Gasteiger partial charge in [-0.05, 0) is 6.92 Å². The number of rotatable bonds is 6. The highest BCUT2D eigenvalue weighted by Crippen LogP contribution is 2.33. The SMILES string of the molecule is CCO[C@@H]1C[C@@H](C(=O)O)N(C(=O)C(CSC(C)=O)C(F)(F)F)C1. The number of ether oxygens (including phenoxy) is 1. The molecule has 1 N–H and O–H groups in total. The van der Waals surface area contributed by atoms with Crippen molar-refractivity contribution < 1.29 is 37.4 Å². The molecule has 1 unspecified atom stereocenters. The molecular formula is C13H18F3NO5S. The summed E-state index contributed by atoms with van der Waals surface area (Å²) in [6.45, 7) is 2.83. The smallest absolute Gasteiger partial charge is 0.401 e. The van der Waals surface area contributed by atoms with E-state index in [4.69, 9.17) is 9.84 Å². The van der Waals surface area contributed by atoms with Crippen molar-refractivity contribution in [3.05, 3.63) is 0 Å². The maximum atomic E-state index is 13.1. The van der Waals surface area contributed by atoms with Gasteiger partial charge >= 0.3 is 12.1 Å². The topological polar surface area (TPSA) is 83.9 Å². The van der Waals surface area contributed by atoms with E-state index >= 15 is 0 Å². The normalized spacial score (nSPS) is 22.9. The lowest BCUT2D eigenvalue weighted by atomic mass is 10.1. The summed E-state index contributed by atoms with van der Waals surface area (Å²) in [6.07, 6.45) is -5.52. The van der Waals surface area contributed by atoms with Gasteiger partial charge in [0.05, 0.1) is 6.10 Å². The Morgan fingerprint density at radius 3 is 2.43 bits per heavy atom. The number of likely N-dealkylation sites (tertiary alicyclic amines) is 1. The van der Waals surface area contributed by atoms with Crippen molar-refractivity contribution in [2.75, 3.05) is 18.9 Å². The molecule has 1 fully saturated rings. The van der Waals surface area contributed by atoms with Gasteiger partial charge < -0.3 is 14.7 Å². The van der Waals surface area contributed by atoms with Gasteiger partial charge in [-0.15, -0.1) is 0 Å². The van der Waals surface area contributed by atoms with Crippen molar-refractivity contribution in [1.82, 2.24) is 4.90 Å². The Hall–Kier alpha value is -1.29. The largest absolute Gasteiger partial charge is 0.480 e. The Bertz CT molecular complexity index is 471. The van der Waals surface area contributed by atoms with Gasteiger partial charge in [-0.1, -0.05) is 11.8 Å². The standard InChI is InChI=1S/C13H18F3NO5S/c1-3-22-8-4-10(12(20)21)17(5-8)11(19)9(13(14,15)16)6-23-7(2)18/h8-10H,3-6H2,1-2H3,(H,20,21)/t8-,9?,10+/m1/s1. The van der Waals surface area contributed by atoms with Crippen LogP contribution in [0.5, 0.6) is 0 Å². The summed E-state index contributed by atoms with van der Waals surface area (Å²) in [7, 11) is 0. The van der Waals surface area contributed by atoms with Crippen LogP contribution in [0.15, 0.2) is 0 Å². The molecule has 0 spiro atoms. The van der Waals surface area contributed by atoms with Crippen LogP contribution in [0.4, 0.5) is 13.2 Å². The molecule has 1 aliphatic heterocycles. The lowest BCUT2D eigenvalue weighted by Gasteiger charge is -2.27. The predicted octanol–water partition coefficient (Wildman–Crippen LogP) is 1.54. The maximum Gasteiger partial charge on any atom is 0.401 e. The van der Waals surface area contributed by atoms with E-state index in [1.807, 2.05) is 0 Å². The summed E-state index contributed by atoms with van der Waals surface area (Å²) < 4.78 is 44.5. The Kier molecular flexibility index (Phi) is 6.87. The lowest BCUT2D eigenvalue weighted by molar-refractivity contribution is -0.186. The maximum absolute atomic E-state index is 13.1. The molecule has 6 nitrogen and oxygen atoms in total. The van der Waals surface area contributed by atoms with E-state index in [-0.39, 0.29) is 19.6 Å². The molecule has 1 heterocycles. The number of carbonyl (C=O) groups is 3. The fourth-order valence-corrected chi connectivity index (χ4v) is 3.07. The third-order valence-electron chi connectivity index (χ3n) is 3.38. The van der Waals surface area contributed by atoms with E-state index in [0.29, 0.717) is 16.7 Å². The van der Waals surface area contributed by atoms with Crippen LogP contribution < -0.4 is 0 Å². The monoisotopic (exact) mass is 357 g/mol. The Morgan fingerprint density at radius 2 is 2.00 bits per heavy atom. The van der Waals surface area contributed by atoms with Crippen LogP contribution in [0, 0.1) is 5.92 Å². The molecule has 0 aliphatic carbocycles. The number of halogens is 3. The van der Waals surface area contributed by atoms with E-state index in [0.717, 1.165) is 6.92 Å². The van der Waals surface area contributed by atoms with Crippen LogP contribution in [0.25, 0.3) is 0 Å². The third kappa shape index (κ3) is 5.38. The van der Waals surface area contributed by atoms with Gasteiger partial charge in [0.25, 0.3) is 0 Å². The van der Waals surface area contributed by atoms with Crippen LogP contribution in [0.3, 0.4) is 0 Å². The molecule has 0 aromatic carbocycles. The molecule has 132 valence electrons. The van der Waals surface area contributed by atoms with Gasteiger partial charge in [-0.3, -0.25) is 9.59 Å². The lowest BCUT2D eigenvalue weighted by Crippen LogP contribution is -2.48. The Labute approximate surface area is 135 Å². The third-order valence-corrected chi connectivity index (χ3v) is 4.29. The predicted molar refractivity (Wildman–Crippen MR) is 75.9 cm³/mol. The zero-order chi connectivity index (χ0) is 17.8. The molecule has 10 heteroatoms. The highest BCUT2D eigenvalue weighted by molar-refractivity contribution is 8.13. The summed E-state index contributed by atoms with van der Waals surface area (Å²) in [6, 6.07) is -1.36. The molecule has 0 radical (unpaired) electrons. The Morgan fingerprint density at radius 1 is 1.39 bits per heavy atom. The molecule has 23 heavy (non-hydrogen) atoms. The van der Waals surface area contributed by atoms with Crippen molar-refractivity contribution in [3.63, 3.8) is 0 Å². The summed E-state index contributed by atoms with van der Waals surface area (Å²) >= 11 is 0.389. The Balaban J connectivity index is 2.95. The van der Waals surface area contributed by atoms with E-state index < -0.39 is 47.0 Å². The molecule has 1 saturated heterocycles. The number of carbonyl (C=O) groups excluding carboxylic acids is 2. The van der Waals surface area contributed by atoms with E-state index in [2.05, 4.69) is 0 Å². The highest BCUT2D eigenvalue weighted by atomic mass is 32.2. The molecule has 0 saturated carbocycles. The number of thioether (sulfide) groups is 1. The zero-order valence-electron chi connectivity index (χ0n) is 12.6. The number of alkyl halides is 3. The van der Waals surface area contributed by atoms with E-state index in [1.165, 1.54) is 0 Å². The average molecular weight is 357 g/mol. The number of aliphatic carboxylic acids is 1. The number of hydrogen-bond donors (Lipinski definition) is 1. The fraction of sp³-hybridized carbons (Fsp3) is 0.769. The number of carboxylic acid groups (broad SMARTS) is 1. The molecule has 0 bridgehead atoms. The number of hydrogen-bond acceptors (Lipinski definition) is 5. The minimum absolute atomic E-state index is 0.0562. The molecular weight excluding hydrogens is 339 g/mol. The molecule has 0 aromatic heterocycles. The van der Waals surface area contributed by atoms with Crippen LogP contribution in [-0.2, 0) is 19.1 Å². The second kappa shape index (κ2) is 8.00. The van der Waals surface area contributed by atoms with Crippen molar-refractivity contribution in [1.29, 1.82) is 0 Å². The first-order valence-electron chi connectivity index (χ1n) is 6.92. The molecule has 3 atom stereocenters. The van der Waals surface area contributed by atoms with Crippen LogP contribution >= 0.6 is 11.8 Å². The summed E-state index contributed by atoms with van der Waals surface area (Å²) in [5.41, 5.74) is 0. The summed E-state index contributed by atoms with van der Waals surface area (Å²) in [5.74, 6) is -5.89. The van der Waals surface area contributed by atoms with Gasteiger partial charge in [0.2, 0.25) is 5.91 Å². The van der Waals surface area contributed by atoms with Crippen LogP contribution in [0.1, 0.15) is 20.3 Å². The fourth-order valence-electron chi connectivity index (χ4n) is 2.34. The second-order valence-corrected chi connectivity index (χ2v) is 6.25. The van der Waals surface area contributed by atoms with Gasteiger partial charge in [0, 0.05) is 32.2 Å². The first kappa shape index (κ1) is 19.8. The quantitative estimate of drug-likeness (QED) is 0.776. The molecule has 1 amide bonds. The van der Waals surface area contributed by atoms with E-state index in [9.17, 15) is 27.6 Å².